The van der Waals surface area contributed by atoms with Crippen LogP contribution in [0.15, 0.2) is 46.9 Å². The van der Waals surface area contributed by atoms with E-state index in [4.69, 9.17) is 16.3 Å². The van der Waals surface area contributed by atoms with Crippen molar-refractivity contribution in [3.05, 3.63) is 57.5 Å². The predicted molar refractivity (Wildman–Crippen MR) is 88.4 cm³/mol. The second-order valence-corrected chi connectivity index (χ2v) is 5.67. The molecule has 0 aliphatic carbocycles. The molecule has 6 nitrogen and oxygen atoms in total. The highest BCUT2D eigenvalue weighted by Gasteiger charge is 2.11. The van der Waals surface area contributed by atoms with Gasteiger partial charge in [0.05, 0.1) is 10.0 Å². The van der Waals surface area contributed by atoms with Crippen LogP contribution in [0.4, 0.5) is 0 Å². The summed E-state index contributed by atoms with van der Waals surface area (Å²) in [5.74, 6) is -0.933. The standard InChI is InChI=1S/C15H12BrClN2O4/c16-11-7-9(17)5-6-13(11)23-8-14(21)18-19-15(22)10-3-1-2-4-12(10)20/h1-7,20H,8H2,(H,18,21)(H,19,22). The summed E-state index contributed by atoms with van der Waals surface area (Å²) in [6, 6.07) is 10.9. The van der Waals surface area contributed by atoms with Gasteiger partial charge in [0.2, 0.25) is 0 Å². The maximum atomic E-state index is 11.8. The summed E-state index contributed by atoms with van der Waals surface area (Å²) >= 11 is 9.06. The van der Waals surface area contributed by atoms with Crippen LogP contribution in [-0.4, -0.2) is 23.5 Å². The van der Waals surface area contributed by atoms with Crippen molar-refractivity contribution < 1.29 is 19.4 Å². The van der Waals surface area contributed by atoms with E-state index < -0.39 is 11.8 Å². The fraction of sp³-hybridized carbons (Fsp3) is 0.0667. The van der Waals surface area contributed by atoms with E-state index in [9.17, 15) is 14.7 Å². The van der Waals surface area contributed by atoms with E-state index in [0.717, 1.165) is 0 Å². The van der Waals surface area contributed by atoms with Crippen molar-refractivity contribution in [2.45, 2.75) is 0 Å². The van der Waals surface area contributed by atoms with Gasteiger partial charge in [0.15, 0.2) is 6.61 Å². The Morgan fingerprint density at radius 3 is 2.61 bits per heavy atom. The van der Waals surface area contributed by atoms with Crippen molar-refractivity contribution in [3.8, 4) is 11.5 Å². The monoisotopic (exact) mass is 398 g/mol. The van der Waals surface area contributed by atoms with Crippen molar-refractivity contribution in [3.63, 3.8) is 0 Å². The van der Waals surface area contributed by atoms with E-state index in [1.54, 1.807) is 30.3 Å². The maximum absolute atomic E-state index is 11.8. The van der Waals surface area contributed by atoms with Crippen LogP contribution in [0.3, 0.4) is 0 Å². The lowest BCUT2D eigenvalue weighted by Gasteiger charge is -2.10. The zero-order valence-electron chi connectivity index (χ0n) is 11.7. The number of para-hydroxylation sites is 1. The number of nitrogens with one attached hydrogen (secondary N) is 2. The van der Waals surface area contributed by atoms with E-state index in [1.165, 1.54) is 12.1 Å². The number of hydrogen-bond acceptors (Lipinski definition) is 4. The predicted octanol–water partition coefficient (Wildman–Crippen LogP) is 2.65. The van der Waals surface area contributed by atoms with E-state index in [2.05, 4.69) is 26.8 Å². The van der Waals surface area contributed by atoms with Crippen LogP contribution in [0.1, 0.15) is 10.4 Å². The summed E-state index contributed by atoms with van der Waals surface area (Å²) in [6.07, 6.45) is 0. The molecule has 0 saturated carbocycles. The Morgan fingerprint density at radius 1 is 1.17 bits per heavy atom. The number of phenols is 1. The number of benzene rings is 2. The van der Waals surface area contributed by atoms with E-state index in [0.29, 0.717) is 15.2 Å². The van der Waals surface area contributed by atoms with Crippen molar-refractivity contribution in [2.75, 3.05) is 6.61 Å². The van der Waals surface area contributed by atoms with Gasteiger partial charge in [-0.15, -0.1) is 0 Å². The molecule has 0 unspecified atom stereocenters. The van der Waals surface area contributed by atoms with Crippen molar-refractivity contribution in [1.82, 2.24) is 10.9 Å². The number of rotatable bonds is 4. The van der Waals surface area contributed by atoms with Crippen LogP contribution in [0, 0.1) is 0 Å². The lowest BCUT2D eigenvalue weighted by molar-refractivity contribution is -0.123. The number of carbonyl (C=O) groups is 2. The summed E-state index contributed by atoms with van der Waals surface area (Å²) in [7, 11) is 0. The Bertz CT molecular complexity index is 739. The number of carbonyl (C=O) groups excluding carboxylic acids is 2. The van der Waals surface area contributed by atoms with Gasteiger partial charge in [0, 0.05) is 5.02 Å². The second kappa shape index (κ2) is 7.85. The molecule has 0 aliphatic heterocycles. The van der Waals surface area contributed by atoms with Crippen LogP contribution in [-0.2, 0) is 4.79 Å². The van der Waals surface area contributed by atoms with Crippen LogP contribution in [0.2, 0.25) is 5.02 Å². The highest BCUT2D eigenvalue weighted by atomic mass is 79.9. The van der Waals surface area contributed by atoms with Crippen LogP contribution >= 0.6 is 27.5 Å². The number of ether oxygens (including phenoxy) is 1. The fourth-order valence-electron chi connectivity index (χ4n) is 1.63. The molecule has 0 aromatic heterocycles. The third-order valence-electron chi connectivity index (χ3n) is 2.72. The Balaban J connectivity index is 1.83. The van der Waals surface area contributed by atoms with Gasteiger partial charge in [-0.2, -0.15) is 0 Å². The molecule has 0 aliphatic rings. The Morgan fingerprint density at radius 2 is 1.91 bits per heavy atom. The molecule has 0 heterocycles. The largest absolute Gasteiger partial charge is 0.507 e. The van der Waals surface area contributed by atoms with E-state index in [-0.39, 0.29) is 17.9 Å². The van der Waals surface area contributed by atoms with Gasteiger partial charge < -0.3 is 9.84 Å². The summed E-state index contributed by atoms with van der Waals surface area (Å²) in [5.41, 5.74) is 4.43. The molecular weight excluding hydrogens is 388 g/mol. The van der Waals surface area contributed by atoms with Crippen molar-refractivity contribution >= 4 is 39.3 Å². The first kappa shape index (κ1) is 17.1. The molecule has 0 fully saturated rings. The molecule has 0 atom stereocenters. The Hall–Kier alpha value is -2.25. The molecule has 2 aromatic rings. The average Bonchev–Trinajstić information content (AvgIpc) is 2.52. The summed E-state index contributed by atoms with van der Waals surface area (Å²) in [6.45, 7) is -0.304. The smallest absolute Gasteiger partial charge is 0.276 e. The first-order valence-electron chi connectivity index (χ1n) is 6.42. The molecule has 0 saturated heterocycles. The normalized spacial score (nSPS) is 10.0. The molecular formula is C15H12BrClN2O4. The molecule has 120 valence electrons. The maximum Gasteiger partial charge on any atom is 0.276 e. The van der Waals surface area contributed by atoms with Crippen molar-refractivity contribution in [1.29, 1.82) is 0 Å². The molecule has 2 aromatic carbocycles. The Kier molecular flexibility index (Phi) is 5.84. The number of phenolic OH excluding ortho intramolecular Hbond substituents is 1. The van der Waals surface area contributed by atoms with Gasteiger partial charge in [0.1, 0.15) is 11.5 Å². The molecule has 8 heteroatoms. The molecule has 3 N–H and O–H groups in total. The second-order valence-electron chi connectivity index (χ2n) is 4.38. The first-order valence-corrected chi connectivity index (χ1v) is 7.59. The minimum absolute atomic E-state index is 0.0502. The summed E-state index contributed by atoms with van der Waals surface area (Å²) in [5, 5.41) is 10.1. The minimum atomic E-state index is -0.635. The van der Waals surface area contributed by atoms with Crippen LogP contribution < -0.4 is 15.6 Å². The number of aromatic hydroxyl groups is 1. The lowest BCUT2D eigenvalue weighted by Crippen LogP contribution is -2.43. The first-order chi connectivity index (χ1) is 11.0. The van der Waals surface area contributed by atoms with Crippen molar-refractivity contribution in [2.24, 2.45) is 0 Å². The van der Waals surface area contributed by atoms with E-state index >= 15 is 0 Å². The van der Waals surface area contributed by atoms with Crippen LogP contribution in [0.25, 0.3) is 0 Å². The molecule has 0 bridgehead atoms. The number of hydrogen-bond donors (Lipinski definition) is 3. The van der Waals surface area contributed by atoms with Gasteiger partial charge in [-0.1, -0.05) is 23.7 Å². The fourth-order valence-corrected chi connectivity index (χ4v) is 2.43. The molecule has 2 amide bonds. The van der Waals surface area contributed by atoms with Gasteiger partial charge >= 0.3 is 0 Å². The van der Waals surface area contributed by atoms with Gasteiger partial charge in [-0.05, 0) is 46.3 Å². The number of amides is 2. The van der Waals surface area contributed by atoms with Gasteiger partial charge in [-0.25, -0.2) is 0 Å². The summed E-state index contributed by atoms with van der Waals surface area (Å²) < 4.78 is 5.90. The minimum Gasteiger partial charge on any atom is -0.507 e. The zero-order chi connectivity index (χ0) is 16.8. The molecule has 0 spiro atoms. The van der Waals surface area contributed by atoms with Gasteiger partial charge in [0.25, 0.3) is 11.8 Å². The third-order valence-corrected chi connectivity index (χ3v) is 3.57. The molecule has 23 heavy (non-hydrogen) atoms. The molecule has 0 radical (unpaired) electrons. The topological polar surface area (TPSA) is 87.7 Å². The van der Waals surface area contributed by atoms with Gasteiger partial charge in [-0.3, -0.25) is 20.4 Å². The van der Waals surface area contributed by atoms with E-state index in [1.807, 2.05) is 0 Å². The highest BCUT2D eigenvalue weighted by Crippen LogP contribution is 2.27. The third kappa shape index (κ3) is 4.87. The highest BCUT2D eigenvalue weighted by molar-refractivity contribution is 9.10. The summed E-state index contributed by atoms with van der Waals surface area (Å²) in [4.78, 5) is 23.4. The number of halogens is 2. The Labute approximate surface area is 145 Å². The average molecular weight is 400 g/mol. The molecule has 2 rings (SSSR count). The SMILES string of the molecule is O=C(COc1ccc(Cl)cc1Br)NNC(=O)c1ccccc1O. The van der Waals surface area contributed by atoms with Crippen LogP contribution in [0.5, 0.6) is 11.5 Å². The number of hydrazine groups is 1. The lowest BCUT2D eigenvalue weighted by atomic mass is 10.2. The quantitative estimate of drug-likeness (QED) is 0.690. The zero-order valence-corrected chi connectivity index (χ0v) is 14.0.